The molecule has 0 aliphatic carbocycles. The first kappa shape index (κ1) is 9.63. The van der Waals surface area contributed by atoms with E-state index in [0.29, 0.717) is 0 Å². The molecule has 0 N–H and O–H groups in total. The molecule has 0 saturated heterocycles. The highest BCUT2D eigenvalue weighted by Gasteiger charge is 1.99. The topological polar surface area (TPSA) is 9.23 Å². The van der Waals surface area contributed by atoms with Gasteiger partial charge in [0.15, 0.2) is 0 Å². The maximum Gasteiger partial charge on any atom is 0.126 e. The standard InChI is InChI=1S/C12H14O/c1-4-6-11-9-10(5-2)7-8-12(11)13-3/h6-9H,1,5H2,2-3H3. The molecule has 0 heterocycles. The summed E-state index contributed by atoms with van der Waals surface area (Å²) < 4.78 is 5.20. The van der Waals surface area contributed by atoms with Crippen LogP contribution in [0.15, 0.2) is 30.5 Å². The molecule has 0 spiro atoms. The second-order valence-corrected chi connectivity index (χ2v) is 2.78. The second-order valence-electron chi connectivity index (χ2n) is 2.78. The summed E-state index contributed by atoms with van der Waals surface area (Å²) in [6.45, 7) is 5.68. The third kappa shape index (κ3) is 2.24. The van der Waals surface area contributed by atoms with Crippen LogP contribution >= 0.6 is 0 Å². The van der Waals surface area contributed by atoms with Crippen LogP contribution in [-0.2, 0) is 6.42 Å². The summed E-state index contributed by atoms with van der Waals surface area (Å²) in [4.78, 5) is 0. The summed E-state index contributed by atoms with van der Waals surface area (Å²) >= 11 is 0. The predicted octanol–water partition coefficient (Wildman–Crippen LogP) is 3.06. The van der Waals surface area contributed by atoms with Crippen LogP contribution in [0, 0.1) is 0 Å². The Labute approximate surface area is 79.4 Å². The molecular formula is C12H14O. The fourth-order valence-electron chi connectivity index (χ4n) is 1.23. The van der Waals surface area contributed by atoms with E-state index in [-0.39, 0.29) is 0 Å². The van der Waals surface area contributed by atoms with Crippen LogP contribution in [0.4, 0.5) is 0 Å². The zero-order valence-corrected chi connectivity index (χ0v) is 8.13. The van der Waals surface area contributed by atoms with Crippen LogP contribution < -0.4 is 4.74 Å². The minimum atomic E-state index is 0.869. The zero-order chi connectivity index (χ0) is 9.68. The Hall–Kier alpha value is -1.46. The van der Waals surface area contributed by atoms with Crippen LogP contribution in [0.3, 0.4) is 0 Å². The Morgan fingerprint density at radius 1 is 1.54 bits per heavy atom. The molecule has 1 aromatic rings. The van der Waals surface area contributed by atoms with Gasteiger partial charge in [0.25, 0.3) is 0 Å². The predicted molar refractivity (Wildman–Crippen MR) is 56.0 cm³/mol. The largest absolute Gasteiger partial charge is 0.496 e. The first-order valence-corrected chi connectivity index (χ1v) is 4.34. The molecule has 13 heavy (non-hydrogen) atoms. The van der Waals surface area contributed by atoms with Crippen LogP contribution in [0.2, 0.25) is 0 Å². The van der Waals surface area contributed by atoms with Crippen LogP contribution in [-0.4, -0.2) is 7.11 Å². The van der Waals surface area contributed by atoms with Gasteiger partial charge in [0.2, 0.25) is 0 Å². The third-order valence-corrected chi connectivity index (χ3v) is 1.96. The first-order valence-electron chi connectivity index (χ1n) is 4.34. The van der Waals surface area contributed by atoms with E-state index >= 15 is 0 Å². The fraction of sp³-hybridized carbons (Fsp3) is 0.250. The molecular weight excluding hydrogens is 160 g/mol. The van der Waals surface area contributed by atoms with Gasteiger partial charge in [-0.1, -0.05) is 19.6 Å². The molecule has 0 fully saturated rings. The highest BCUT2D eigenvalue weighted by Crippen LogP contribution is 2.21. The van der Waals surface area contributed by atoms with Gasteiger partial charge in [0.05, 0.1) is 7.11 Å². The molecule has 0 aliphatic heterocycles. The van der Waals surface area contributed by atoms with Gasteiger partial charge in [-0.25, -0.2) is 0 Å². The Balaban J connectivity index is 3.17. The Kier molecular flexibility index (Phi) is 3.36. The van der Waals surface area contributed by atoms with Gasteiger partial charge in [-0.15, -0.1) is 5.73 Å². The average Bonchev–Trinajstić information content (AvgIpc) is 2.18. The van der Waals surface area contributed by atoms with Gasteiger partial charge in [-0.2, -0.15) is 0 Å². The van der Waals surface area contributed by atoms with Gasteiger partial charge >= 0.3 is 0 Å². The van der Waals surface area contributed by atoms with Crippen molar-refractivity contribution in [3.05, 3.63) is 41.6 Å². The number of rotatable bonds is 3. The Morgan fingerprint density at radius 2 is 2.31 bits per heavy atom. The Bertz CT molecular complexity index is 333. The van der Waals surface area contributed by atoms with Crippen molar-refractivity contribution in [3.63, 3.8) is 0 Å². The third-order valence-electron chi connectivity index (χ3n) is 1.96. The quantitative estimate of drug-likeness (QED) is 0.640. The summed E-state index contributed by atoms with van der Waals surface area (Å²) in [6, 6.07) is 6.14. The van der Waals surface area contributed by atoms with E-state index < -0.39 is 0 Å². The number of benzene rings is 1. The molecule has 0 aromatic heterocycles. The normalized spacial score (nSPS) is 9.08. The van der Waals surface area contributed by atoms with E-state index in [1.54, 1.807) is 7.11 Å². The number of hydrogen-bond donors (Lipinski definition) is 0. The van der Waals surface area contributed by atoms with E-state index in [1.165, 1.54) is 5.56 Å². The Morgan fingerprint density at radius 3 is 2.85 bits per heavy atom. The van der Waals surface area contributed by atoms with Crippen LogP contribution in [0.1, 0.15) is 18.1 Å². The molecule has 0 atom stereocenters. The molecule has 0 radical (unpaired) electrons. The SMILES string of the molecule is C=C=Cc1cc(CC)ccc1OC. The van der Waals surface area contributed by atoms with E-state index in [2.05, 4.69) is 31.4 Å². The summed E-state index contributed by atoms with van der Waals surface area (Å²) in [7, 11) is 1.67. The summed E-state index contributed by atoms with van der Waals surface area (Å²) in [5, 5.41) is 0. The lowest BCUT2D eigenvalue weighted by Gasteiger charge is -2.05. The number of methoxy groups -OCH3 is 1. The lowest BCUT2D eigenvalue weighted by atomic mass is 10.1. The lowest BCUT2D eigenvalue weighted by molar-refractivity contribution is 0.413. The van der Waals surface area contributed by atoms with E-state index in [1.807, 2.05) is 12.1 Å². The van der Waals surface area contributed by atoms with Crippen LogP contribution in [0.5, 0.6) is 5.75 Å². The van der Waals surface area contributed by atoms with Crippen molar-refractivity contribution in [2.75, 3.05) is 7.11 Å². The van der Waals surface area contributed by atoms with Crippen molar-refractivity contribution >= 4 is 6.08 Å². The number of ether oxygens (including phenoxy) is 1. The highest BCUT2D eigenvalue weighted by molar-refractivity contribution is 5.57. The zero-order valence-electron chi connectivity index (χ0n) is 8.13. The van der Waals surface area contributed by atoms with E-state index in [9.17, 15) is 0 Å². The molecule has 1 aromatic carbocycles. The highest BCUT2D eigenvalue weighted by atomic mass is 16.5. The molecule has 68 valence electrons. The molecule has 0 amide bonds. The van der Waals surface area contributed by atoms with Gasteiger partial charge in [0, 0.05) is 5.56 Å². The molecule has 1 rings (SSSR count). The van der Waals surface area contributed by atoms with Crippen molar-refractivity contribution in [1.82, 2.24) is 0 Å². The molecule has 1 nitrogen and oxygen atoms in total. The van der Waals surface area contributed by atoms with Gasteiger partial charge in [0.1, 0.15) is 5.75 Å². The number of hydrogen-bond acceptors (Lipinski definition) is 1. The van der Waals surface area contributed by atoms with Crippen LogP contribution in [0.25, 0.3) is 6.08 Å². The van der Waals surface area contributed by atoms with Crippen molar-refractivity contribution in [3.8, 4) is 5.75 Å². The smallest absolute Gasteiger partial charge is 0.126 e. The van der Waals surface area contributed by atoms with E-state index in [4.69, 9.17) is 4.74 Å². The first-order chi connectivity index (χ1) is 6.31. The van der Waals surface area contributed by atoms with Crippen molar-refractivity contribution in [1.29, 1.82) is 0 Å². The maximum absolute atomic E-state index is 5.20. The maximum atomic E-state index is 5.20. The summed E-state index contributed by atoms with van der Waals surface area (Å²) in [6.07, 6.45) is 2.86. The molecule has 1 heteroatoms. The van der Waals surface area contributed by atoms with E-state index in [0.717, 1.165) is 17.7 Å². The molecule has 0 bridgehead atoms. The summed E-state index contributed by atoms with van der Waals surface area (Å²) in [5.41, 5.74) is 5.09. The minimum Gasteiger partial charge on any atom is -0.496 e. The van der Waals surface area contributed by atoms with Crippen molar-refractivity contribution < 1.29 is 4.74 Å². The average molecular weight is 174 g/mol. The minimum absolute atomic E-state index is 0.869. The van der Waals surface area contributed by atoms with Gasteiger partial charge in [-0.05, 0) is 30.2 Å². The fourth-order valence-corrected chi connectivity index (χ4v) is 1.23. The second kappa shape index (κ2) is 4.54. The molecule has 0 unspecified atom stereocenters. The lowest BCUT2D eigenvalue weighted by Crippen LogP contribution is -1.88. The number of aryl methyl sites for hydroxylation is 1. The monoisotopic (exact) mass is 174 g/mol. The summed E-state index contributed by atoms with van der Waals surface area (Å²) in [5.74, 6) is 0.869. The molecule has 0 saturated carbocycles. The molecule has 0 aliphatic rings. The van der Waals surface area contributed by atoms with Crippen molar-refractivity contribution in [2.45, 2.75) is 13.3 Å². The van der Waals surface area contributed by atoms with Gasteiger partial charge in [-0.3, -0.25) is 0 Å². The van der Waals surface area contributed by atoms with Crippen molar-refractivity contribution in [2.24, 2.45) is 0 Å². The van der Waals surface area contributed by atoms with Gasteiger partial charge < -0.3 is 4.74 Å².